The van der Waals surface area contributed by atoms with Crippen molar-refractivity contribution in [2.75, 3.05) is 26.3 Å². The molecule has 63 heavy (non-hydrogen) atoms. The van der Waals surface area contributed by atoms with Gasteiger partial charge in [-0.1, -0.05) is 111 Å². The van der Waals surface area contributed by atoms with Crippen LogP contribution in [0.5, 0.6) is 0 Å². The van der Waals surface area contributed by atoms with Crippen LogP contribution < -0.4 is 0 Å². The van der Waals surface area contributed by atoms with Crippen molar-refractivity contribution in [1.29, 1.82) is 0 Å². The fourth-order valence-electron chi connectivity index (χ4n) is 8.93. The van der Waals surface area contributed by atoms with E-state index in [1.807, 2.05) is 39.8 Å². The van der Waals surface area contributed by atoms with E-state index in [9.17, 15) is 28.8 Å². The molecule has 0 saturated carbocycles. The molecule has 1 aromatic heterocycles. The molecule has 1 saturated heterocycles. The Morgan fingerprint density at radius 2 is 1.37 bits per heavy atom. The summed E-state index contributed by atoms with van der Waals surface area (Å²) in [5.41, 5.74) is 4.26. The number of hydrogen-bond donors (Lipinski definition) is 0. The Bertz CT molecular complexity index is 2160. The molecule has 12 heteroatoms. The summed E-state index contributed by atoms with van der Waals surface area (Å²) in [7, 11) is 0. The van der Waals surface area contributed by atoms with E-state index in [4.69, 9.17) is 19.5 Å². The van der Waals surface area contributed by atoms with Gasteiger partial charge in [0.15, 0.2) is 0 Å². The predicted octanol–water partition coefficient (Wildman–Crippen LogP) is 9.59. The smallest absolute Gasteiger partial charge is 0.311 e. The summed E-state index contributed by atoms with van der Waals surface area (Å²) < 4.78 is 10.7. The van der Waals surface area contributed by atoms with Gasteiger partial charge >= 0.3 is 11.9 Å². The zero-order valence-corrected chi connectivity index (χ0v) is 38.6. The number of benzene rings is 1. The van der Waals surface area contributed by atoms with Gasteiger partial charge in [0.1, 0.15) is 6.61 Å². The molecule has 4 atom stereocenters. The number of aromatic nitrogens is 1. The third-order valence-electron chi connectivity index (χ3n) is 13.7. The number of esters is 2. The average molecular weight is 863 g/mol. The maximum absolute atomic E-state index is 13.7. The molecule has 4 heterocycles. The number of likely N-dealkylation sites (tertiary alicyclic amines) is 1. The van der Waals surface area contributed by atoms with Gasteiger partial charge < -0.3 is 9.47 Å². The highest BCUT2D eigenvalue weighted by atomic mass is 16.5. The number of imide groups is 2. The molecule has 0 bridgehead atoms. The number of amides is 4. The number of hydrogen-bond acceptors (Lipinski definition) is 10. The lowest BCUT2D eigenvalue weighted by Gasteiger charge is -2.44. The summed E-state index contributed by atoms with van der Waals surface area (Å²) in [6.07, 6.45) is 19.3. The van der Waals surface area contributed by atoms with Crippen LogP contribution in [0, 0.1) is 29.1 Å². The van der Waals surface area contributed by atoms with Crippen LogP contribution in [0.4, 0.5) is 0 Å². The minimum atomic E-state index is -0.498. The van der Waals surface area contributed by atoms with Crippen molar-refractivity contribution in [3.05, 3.63) is 70.2 Å². The van der Waals surface area contributed by atoms with E-state index in [0.29, 0.717) is 69.9 Å². The SMILES string of the molecule is CCCCC(CC)COC(=O)C(C)(C)CC.CCCCCCCCN1C(=O)C2=CC=C3c4ncc5c6c(ccc(c46)C4=NC=C(C1=O)C2C34)C(=O)N(CCOC(=O)C(C)CC)C5=O. The molecule has 7 rings (SSSR count). The Morgan fingerprint density at radius 1 is 0.714 bits per heavy atom. The number of pyridine rings is 1. The zero-order chi connectivity index (χ0) is 45.6. The zero-order valence-electron chi connectivity index (χ0n) is 38.6. The highest BCUT2D eigenvalue weighted by Gasteiger charge is 2.52. The van der Waals surface area contributed by atoms with Gasteiger partial charge in [0.25, 0.3) is 23.6 Å². The minimum absolute atomic E-state index is 0.0510. The molecule has 1 fully saturated rings. The van der Waals surface area contributed by atoms with Crippen molar-refractivity contribution in [2.24, 2.45) is 34.1 Å². The monoisotopic (exact) mass is 862 g/mol. The first-order valence-corrected chi connectivity index (χ1v) is 23.5. The van der Waals surface area contributed by atoms with Gasteiger partial charge in [-0.15, -0.1) is 0 Å². The highest BCUT2D eigenvalue weighted by molar-refractivity contribution is 6.32. The summed E-state index contributed by atoms with van der Waals surface area (Å²) in [5.74, 6) is -2.51. The Hall–Kier alpha value is -5.26. The maximum Gasteiger partial charge on any atom is 0.311 e. The molecule has 2 aliphatic carbocycles. The van der Waals surface area contributed by atoms with Crippen molar-refractivity contribution < 1.29 is 38.2 Å². The first-order chi connectivity index (χ1) is 30.3. The summed E-state index contributed by atoms with van der Waals surface area (Å²) in [6, 6.07) is 3.53. The standard InChI is InChI=1S/C37H38N4O6.C14H28O2/c1-4-6-7-8-9-10-15-40-33(42)23-13-11-21-29-27(23)25(35(40)44)18-38-31(29)22-12-14-24-28-26(19-39-32(21)30(22)28)36(45)41(34(24)43)16-17-47-37(46)20(3)5-2;1-6-9-10-12(7-2)11-16-13(15)14(4,5)8-3/h11-14,18-20,27,29H,4-10,15-17H2,1-3H3;12H,6-11H2,1-5H3. The van der Waals surface area contributed by atoms with Crippen LogP contribution in [0.1, 0.15) is 164 Å². The van der Waals surface area contributed by atoms with E-state index >= 15 is 0 Å². The summed E-state index contributed by atoms with van der Waals surface area (Å²) >= 11 is 0. The normalized spacial score (nSPS) is 19.3. The first-order valence-electron chi connectivity index (χ1n) is 23.5. The molecule has 1 aromatic carbocycles. The van der Waals surface area contributed by atoms with Gasteiger partial charge in [0.2, 0.25) is 0 Å². The molecule has 0 spiro atoms. The number of unbranched alkanes of at least 4 members (excludes halogenated alkanes) is 6. The number of piperidine rings is 1. The molecular weight excluding hydrogens is 797 g/mol. The van der Waals surface area contributed by atoms with Gasteiger partial charge in [-0.2, -0.15) is 0 Å². The molecule has 4 unspecified atom stereocenters. The number of fused-ring (bicyclic) bond motifs is 2. The van der Waals surface area contributed by atoms with Crippen LogP contribution in [0.2, 0.25) is 0 Å². The predicted molar refractivity (Wildman–Crippen MR) is 244 cm³/mol. The summed E-state index contributed by atoms with van der Waals surface area (Å²) in [4.78, 5) is 90.8. The van der Waals surface area contributed by atoms with Gasteiger partial charge in [-0.25, -0.2) is 0 Å². The Morgan fingerprint density at radius 3 is 2.06 bits per heavy atom. The number of carbonyl (C=O) groups is 6. The lowest BCUT2D eigenvalue weighted by molar-refractivity contribution is -0.155. The van der Waals surface area contributed by atoms with Crippen LogP contribution in [0.3, 0.4) is 0 Å². The highest BCUT2D eigenvalue weighted by Crippen LogP contribution is 2.52. The van der Waals surface area contributed by atoms with E-state index < -0.39 is 17.7 Å². The number of rotatable bonds is 20. The van der Waals surface area contributed by atoms with E-state index in [-0.39, 0.29) is 54.2 Å². The Labute approximate surface area is 372 Å². The van der Waals surface area contributed by atoms with E-state index in [2.05, 4.69) is 20.8 Å². The minimum Gasteiger partial charge on any atom is -0.465 e. The largest absolute Gasteiger partial charge is 0.465 e. The number of nitrogens with zero attached hydrogens (tertiary/aromatic N) is 4. The third-order valence-corrected chi connectivity index (χ3v) is 13.7. The molecule has 12 nitrogen and oxygen atoms in total. The number of ether oxygens (including phenoxy) is 2. The van der Waals surface area contributed by atoms with Crippen molar-refractivity contribution in [2.45, 2.75) is 132 Å². The maximum atomic E-state index is 13.7. The molecule has 4 amide bonds. The Balaban J connectivity index is 0.000000353. The van der Waals surface area contributed by atoms with Crippen LogP contribution in [-0.2, 0) is 28.7 Å². The molecular formula is C51H66N4O8. The van der Waals surface area contributed by atoms with Crippen LogP contribution >= 0.6 is 0 Å². The average Bonchev–Trinajstić information content (AvgIpc) is 3.29. The molecule has 3 aliphatic heterocycles. The number of aliphatic imine (C=N–C) groups is 1. The van der Waals surface area contributed by atoms with Crippen molar-refractivity contribution >= 4 is 57.6 Å². The van der Waals surface area contributed by atoms with E-state index in [1.54, 1.807) is 25.3 Å². The van der Waals surface area contributed by atoms with Crippen molar-refractivity contribution in [3.8, 4) is 0 Å². The van der Waals surface area contributed by atoms with E-state index in [1.165, 1.54) is 36.8 Å². The van der Waals surface area contributed by atoms with Crippen LogP contribution in [0.25, 0.3) is 16.3 Å². The van der Waals surface area contributed by atoms with Gasteiger partial charge in [-0.3, -0.25) is 48.5 Å². The summed E-state index contributed by atoms with van der Waals surface area (Å²) in [6.45, 7) is 16.9. The van der Waals surface area contributed by atoms with E-state index in [0.717, 1.165) is 61.0 Å². The topological polar surface area (TPSA) is 153 Å². The van der Waals surface area contributed by atoms with Crippen molar-refractivity contribution in [1.82, 2.24) is 14.8 Å². The van der Waals surface area contributed by atoms with Crippen LogP contribution in [0.15, 0.2) is 52.8 Å². The van der Waals surface area contributed by atoms with Crippen LogP contribution in [-0.4, -0.2) is 82.4 Å². The van der Waals surface area contributed by atoms with Crippen molar-refractivity contribution in [3.63, 3.8) is 0 Å². The second-order valence-electron chi connectivity index (χ2n) is 18.3. The van der Waals surface area contributed by atoms with Gasteiger partial charge in [-0.05, 0) is 57.1 Å². The molecule has 338 valence electrons. The fourth-order valence-corrected chi connectivity index (χ4v) is 8.93. The quantitative estimate of drug-likeness (QED) is 0.0720. The Kier molecular flexibility index (Phi) is 15.4. The lowest BCUT2D eigenvalue weighted by atomic mass is 9.63. The lowest BCUT2D eigenvalue weighted by Crippen LogP contribution is -2.51. The fraction of sp³-hybridized carbons (Fsp3) is 0.569. The second-order valence-corrected chi connectivity index (χ2v) is 18.3. The third kappa shape index (κ3) is 9.36. The molecule has 5 aliphatic rings. The second kappa shape index (κ2) is 20.5. The van der Waals surface area contributed by atoms with Gasteiger partial charge in [0, 0.05) is 63.8 Å². The summed E-state index contributed by atoms with van der Waals surface area (Å²) in [5, 5.41) is 1.18. The molecule has 0 radical (unpaired) electrons. The van der Waals surface area contributed by atoms with Gasteiger partial charge in [0.05, 0.1) is 41.5 Å². The number of allylic oxidation sites excluding steroid dienone is 3. The number of carbonyl (C=O) groups excluding carboxylic acids is 6. The molecule has 2 aromatic rings. The molecule has 0 N–H and O–H groups in total. The first kappa shape index (κ1) is 47.2.